The number of nitrogens with zero attached hydrogens (tertiary/aromatic N) is 2. The molecule has 1 amide bonds. The molecule has 0 saturated heterocycles. The summed E-state index contributed by atoms with van der Waals surface area (Å²) < 4.78 is 0. The summed E-state index contributed by atoms with van der Waals surface area (Å²) in [4.78, 5) is 15.2. The molecule has 0 aliphatic heterocycles. The number of amides is 1. The molecule has 0 saturated carbocycles. The van der Waals surface area contributed by atoms with Gasteiger partial charge in [-0.15, -0.1) is 0 Å². The van der Waals surface area contributed by atoms with Gasteiger partial charge >= 0.3 is 0 Å². The lowest BCUT2D eigenvalue weighted by Gasteiger charge is -2.19. The number of nitriles is 1. The van der Waals surface area contributed by atoms with Gasteiger partial charge in [0.25, 0.3) is 0 Å². The average molecular weight is 253 g/mol. The van der Waals surface area contributed by atoms with Gasteiger partial charge in [0.15, 0.2) is 5.69 Å². The van der Waals surface area contributed by atoms with E-state index < -0.39 is 11.9 Å². The van der Waals surface area contributed by atoms with Crippen LogP contribution in [0.1, 0.15) is 19.5 Å². The zero-order valence-corrected chi connectivity index (χ0v) is 10.3. The number of carbonyl (C=O) groups excluding carboxylic acids is 1. The van der Waals surface area contributed by atoms with E-state index in [-0.39, 0.29) is 16.6 Å². The van der Waals surface area contributed by atoms with E-state index in [0.717, 1.165) is 0 Å². The van der Waals surface area contributed by atoms with Gasteiger partial charge in [0.2, 0.25) is 5.91 Å². The van der Waals surface area contributed by atoms with Crippen LogP contribution in [0.15, 0.2) is 12.1 Å². The minimum Gasteiger partial charge on any atom is -0.368 e. The van der Waals surface area contributed by atoms with Crippen LogP contribution in [0, 0.1) is 17.2 Å². The molecule has 1 unspecified atom stereocenters. The number of primary amides is 1. The zero-order chi connectivity index (χ0) is 13.0. The standard InChI is InChI=1S/C11H13ClN4O/c1-6(2)10(11(14)17)16-9-4-3-7(12)8(5-13)15-9/h3-4,6,10H,1-2H3,(H2,14,17)(H,15,16). The van der Waals surface area contributed by atoms with Gasteiger partial charge < -0.3 is 11.1 Å². The minimum atomic E-state index is -0.532. The molecule has 3 N–H and O–H groups in total. The van der Waals surface area contributed by atoms with E-state index in [1.807, 2.05) is 19.9 Å². The van der Waals surface area contributed by atoms with E-state index in [1.54, 1.807) is 12.1 Å². The number of aromatic nitrogens is 1. The maximum atomic E-state index is 11.2. The Kier molecular flexibility index (Phi) is 4.30. The Balaban J connectivity index is 2.95. The highest BCUT2D eigenvalue weighted by molar-refractivity contribution is 6.31. The number of halogens is 1. The van der Waals surface area contributed by atoms with E-state index in [2.05, 4.69) is 10.3 Å². The minimum absolute atomic E-state index is 0.0236. The molecular formula is C11H13ClN4O. The number of pyridine rings is 1. The topological polar surface area (TPSA) is 91.8 Å². The molecule has 1 atom stereocenters. The van der Waals surface area contributed by atoms with Crippen LogP contribution >= 0.6 is 11.6 Å². The van der Waals surface area contributed by atoms with Crippen LogP contribution in [0.3, 0.4) is 0 Å². The first-order valence-electron chi connectivity index (χ1n) is 5.08. The van der Waals surface area contributed by atoms with Crippen LogP contribution < -0.4 is 11.1 Å². The number of rotatable bonds is 4. The lowest BCUT2D eigenvalue weighted by atomic mass is 10.0. The van der Waals surface area contributed by atoms with Gasteiger partial charge in [-0.05, 0) is 18.1 Å². The predicted octanol–water partition coefficient (Wildman–Crippen LogP) is 1.53. The van der Waals surface area contributed by atoms with Crippen molar-refractivity contribution in [3.63, 3.8) is 0 Å². The molecule has 90 valence electrons. The quantitative estimate of drug-likeness (QED) is 0.850. The lowest BCUT2D eigenvalue weighted by molar-refractivity contribution is -0.119. The molecule has 0 aliphatic rings. The van der Waals surface area contributed by atoms with Crippen molar-refractivity contribution in [2.45, 2.75) is 19.9 Å². The monoisotopic (exact) mass is 252 g/mol. The maximum Gasteiger partial charge on any atom is 0.240 e. The van der Waals surface area contributed by atoms with E-state index in [4.69, 9.17) is 22.6 Å². The van der Waals surface area contributed by atoms with Gasteiger partial charge in [0.1, 0.15) is 17.9 Å². The Morgan fingerprint density at radius 3 is 2.71 bits per heavy atom. The molecule has 1 aromatic heterocycles. The Labute approximate surface area is 105 Å². The summed E-state index contributed by atoms with van der Waals surface area (Å²) in [7, 11) is 0. The van der Waals surface area contributed by atoms with E-state index in [1.165, 1.54) is 0 Å². The van der Waals surface area contributed by atoms with Crippen molar-refractivity contribution in [2.24, 2.45) is 11.7 Å². The molecule has 0 aliphatic carbocycles. The number of carbonyl (C=O) groups is 1. The van der Waals surface area contributed by atoms with Gasteiger partial charge in [-0.2, -0.15) is 5.26 Å². The highest BCUT2D eigenvalue weighted by Crippen LogP contribution is 2.17. The molecule has 0 bridgehead atoms. The highest BCUT2D eigenvalue weighted by atomic mass is 35.5. The second-order valence-electron chi connectivity index (χ2n) is 3.91. The smallest absolute Gasteiger partial charge is 0.240 e. The second-order valence-corrected chi connectivity index (χ2v) is 4.31. The number of nitrogens with one attached hydrogen (secondary N) is 1. The third-order valence-electron chi connectivity index (χ3n) is 2.23. The number of anilines is 1. The Hall–Kier alpha value is -1.80. The third-order valence-corrected chi connectivity index (χ3v) is 2.53. The van der Waals surface area contributed by atoms with E-state index in [0.29, 0.717) is 5.82 Å². The third kappa shape index (κ3) is 3.33. The number of nitrogens with two attached hydrogens (primary N) is 1. The normalized spacial score (nSPS) is 11.9. The fourth-order valence-electron chi connectivity index (χ4n) is 1.33. The van der Waals surface area contributed by atoms with Crippen molar-refractivity contribution in [1.29, 1.82) is 5.26 Å². The first kappa shape index (κ1) is 13.3. The molecule has 0 aromatic carbocycles. The largest absolute Gasteiger partial charge is 0.368 e. The summed E-state index contributed by atoms with van der Waals surface area (Å²) in [5.41, 5.74) is 5.38. The fourth-order valence-corrected chi connectivity index (χ4v) is 1.47. The van der Waals surface area contributed by atoms with Crippen molar-refractivity contribution in [3.8, 4) is 6.07 Å². The summed E-state index contributed by atoms with van der Waals surface area (Å²) in [5, 5.41) is 11.9. The summed E-state index contributed by atoms with van der Waals surface area (Å²) >= 11 is 5.75. The van der Waals surface area contributed by atoms with Crippen LogP contribution in [-0.2, 0) is 4.79 Å². The first-order chi connectivity index (χ1) is 7.95. The molecule has 6 heteroatoms. The maximum absolute atomic E-state index is 11.2. The Morgan fingerprint density at radius 1 is 1.59 bits per heavy atom. The van der Waals surface area contributed by atoms with E-state index in [9.17, 15) is 4.79 Å². The highest BCUT2D eigenvalue weighted by Gasteiger charge is 2.19. The van der Waals surface area contributed by atoms with E-state index >= 15 is 0 Å². The van der Waals surface area contributed by atoms with Crippen LogP contribution in [-0.4, -0.2) is 16.9 Å². The van der Waals surface area contributed by atoms with Crippen molar-refractivity contribution < 1.29 is 4.79 Å². The predicted molar refractivity (Wildman–Crippen MR) is 65.4 cm³/mol. The number of hydrogen-bond acceptors (Lipinski definition) is 4. The summed E-state index contributed by atoms with van der Waals surface area (Å²) in [6.07, 6.45) is 0. The first-order valence-corrected chi connectivity index (χ1v) is 5.46. The van der Waals surface area contributed by atoms with Crippen LogP contribution in [0.5, 0.6) is 0 Å². The summed E-state index contributed by atoms with van der Waals surface area (Å²) in [6.45, 7) is 3.73. The lowest BCUT2D eigenvalue weighted by Crippen LogP contribution is -2.39. The number of hydrogen-bond donors (Lipinski definition) is 2. The molecule has 0 fully saturated rings. The van der Waals surface area contributed by atoms with Gasteiger partial charge in [-0.3, -0.25) is 4.79 Å². The summed E-state index contributed by atoms with van der Waals surface area (Å²) in [5.74, 6) is -0.0331. The molecule has 1 rings (SSSR count). The SMILES string of the molecule is CC(C)C(Nc1ccc(Cl)c(C#N)n1)C(N)=O. The van der Waals surface area contributed by atoms with Crippen molar-refractivity contribution >= 4 is 23.3 Å². The zero-order valence-electron chi connectivity index (χ0n) is 9.57. The van der Waals surface area contributed by atoms with Crippen LogP contribution in [0.2, 0.25) is 5.02 Å². The molecule has 1 heterocycles. The van der Waals surface area contributed by atoms with Gasteiger partial charge in [-0.25, -0.2) is 4.98 Å². The second kappa shape index (κ2) is 5.51. The van der Waals surface area contributed by atoms with Gasteiger partial charge in [0.05, 0.1) is 5.02 Å². The van der Waals surface area contributed by atoms with Crippen molar-refractivity contribution in [2.75, 3.05) is 5.32 Å². The van der Waals surface area contributed by atoms with Gasteiger partial charge in [0, 0.05) is 0 Å². The molecule has 1 aromatic rings. The van der Waals surface area contributed by atoms with Crippen molar-refractivity contribution in [1.82, 2.24) is 4.98 Å². The van der Waals surface area contributed by atoms with Crippen molar-refractivity contribution in [3.05, 3.63) is 22.8 Å². The molecule has 5 nitrogen and oxygen atoms in total. The molecule has 0 radical (unpaired) electrons. The average Bonchev–Trinajstić information content (AvgIpc) is 2.26. The molecule has 17 heavy (non-hydrogen) atoms. The molecule has 0 spiro atoms. The van der Waals surface area contributed by atoms with Gasteiger partial charge in [-0.1, -0.05) is 25.4 Å². The Bertz CT molecular complexity index is 467. The Morgan fingerprint density at radius 2 is 2.24 bits per heavy atom. The fraction of sp³-hybridized carbons (Fsp3) is 0.364. The van der Waals surface area contributed by atoms with Crippen LogP contribution in [0.4, 0.5) is 5.82 Å². The van der Waals surface area contributed by atoms with Crippen LogP contribution in [0.25, 0.3) is 0 Å². The molecular weight excluding hydrogens is 240 g/mol. The summed E-state index contributed by atoms with van der Waals surface area (Å²) in [6, 6.07) is 4.48.